The second-order valence-corrected chi connectivity index (χ2v) is 6.56. The number of nitrogens with one attached hydrogen (secondary N) is 1. The molecular weight excluding hydrogens is 345 g/mol. The average molecular weight is 368 g/mol. The van der Waals surface area contributed by atoms with Crippen molar-refractivity contribution in [3.8, 4) is 0 Å². The Morgan fingerprint density at radius 2 is 1.85 bits per heavy atom. The standard InChI is InChI=1S/C18H23F3N4O/c1-10(2)25-9-15(16(24-25)18(19,20)21)17(26)23-8-14-11(3)5-13(7-22)6-12(14)4/h5-6,9-10H,7-8,22H2,1-4H3,(H,23,26). The summed E-state index contributed by atoms with van der Waals surface area (Å²) < 4.78 is 40.7. The molecule has 2 rings (SSSR count). The highest BCUT2D eigenvalue weighted by Gasteiger charge is 2.39. The van der Waals surface area contributed by atoms with E-state index in [9.17, 15) is 18.0 Å². The third-order valence-electron chi connectivity index (χ3n) is 4.19. The number of hydrogen-bond donors (Lipinski definition) is 2. The van der Waals surface area contributed by atoms with Crippen LogP contribution in [0.2, 0.25) is 0 Å². The lowest BCUT2D eigenvalue weighted by Crippen LogP contribution is -2.26. The molecule has 0 saturated heterocycles. The Hall–Kier alpha value is -2.35. The van der Waals surface area contributed by atoms with Crippen LogP contribution in [-0.4, -0.2) is 15.7 Å². The van der Waals surface area contributed by atoms with Gasteiger partial charge in [-0.25, -0.2) is 0 Å². The molecule has 142 valence electrons. The number of nitrogens with zero attached hydrogens (tertiary/aromatic N) is 2. The van der Waals surface area contributed by atoms with Crippen molar-refractivity contribution >= 4 is 5.91 Å². The topological polar surface area (TPSA) is 72.9 Å². The fourth-order valence-electron chi connectivity index (χ4n) is 2.78. The summed E-state index contributed by atoms with van der Waals surface area (Å²) >= 11 is 0. The highest BCUT2D eigenvalue weighted by molar-refractivity contribution is 5.95. The minimum Gasteiger partial charge on any atom is -0.348 e. The summed E-state index contributed by atoms with van der Waals surface area (Å²) in [5, 5.41) is 6.11. The molecule has 0 aliphatic carbocycles. The molecule has 0 aliphatic heterocycles. The summed E-state index contributed by atoms with van der Waals surface area (Å²) in [6.07, 6.45) is -3.55. The summed E-state index contributed by atoms with van der Waals surface area (Å²) in [6, 6.07) is 3.53. The van der Waals surface area contributed by atoms with Crippen LogP contribution in [0.4, 0.5) is 13.2 Å². The zero-order valence-corrected chi connectivity index (χ0v) is 15.2. The number of alkyl halides is 3. The van der Waals surface area contributed by atoms with Gasteiger partial charge in [-0.15, -0.1) is 0 Å². The van der Waals surface area contributed by atoms with E-state index in [-0.39, 0.29) is 12.6 Å². The maximum Gasteiger partial charge on any atom is 0.435 e. The predicted molar refractivity (Wildman–Crippen MR) is 92.6 cm³/mol. The largest absolute Gasteiger partial charge is 0.435 e. The SMILES string of the molecule is Cc1cc(CN)cc(C)c1CNC(=O)c1cn(C(C)C)nc1C(F)(F)F. The van der Waals surface area contributed by atoms with E-state index in [1.807, 2.05) is 26.0 Å². The van der Waals surface area contributed by atoms with E-state index in [2.05, 4.69) is 10.4 Å². The van der Waals surface area contributed by atoms with Crippen molar-refractivity contribution in [2.75, 3.05) is 0 Å². The molecule has 0 unspecified atom stereocenters. The van der Waals surface area contributed by atoms with Crippen LogP contribution < -0.4 is 11.1 Å². The van der Waals surface area contributed by atoms with E-state index < -0.39 is 23.3 Å². The fourth-order valence-corrected chi connectivity index (χ4v) is 2.78. The predicted octanol–water partition coefficient (Wildman–Crippen LogP) is 3.49. The Kier molecular flexibility index (Phi) is 5.75. The molecule has 0 spiro atoms. The van der Waals surface area contributed by atoms with Crippen LogP contribution in [-0.2, 0) is 19.3 Å². The van der Waals surface area contributed by atoms with Crippen LogP contribution in [0, 0.1) is 13.8 Å². The van der Waals surface area contributed by atoms with Crippen LogP contribution >= 0.6 is 0 Å². The lowest BCUT2D eigenvalue weighted by Gasteiger charge is -2.13. The maximum absolute atomic E-state index is 13.2. The van der Waals surface area contributed by atoms with Gasteiger partial charge in [-0.05, 0) is 49.9 Å². The minimum absolute atomic E-state index is 0.130. The van der Waals surface area contributed by atoms with Gasteiger partial charge in [0.15, 0.2) is 5.69 Å². The second kappa shape index (κ2) is 7.49. The number of benzene rings is 1. The number of aryl methyl sites for hydroxylation is 2. The van der Waals surface area contributed by atoms with Crippen molar-refractivity contribution in [1.29, 1.82) is 0 Å². The lowest BCUT2D eigenvalue weighted by molar-refractivity contribution is -0.141. The monoisotopic (exact) mass is 368 g/mol. The summed E-state index contributed by atoms with van der Waals surface area (Å²) in [7, 11) is 0. The first-order valence-corrected chi connectivity index (χ1v) is 8.28. The first-order valence-electron chi connectivity index (χ1n) is 8.28. The first-order chi connectivity index (χ1) is 12.0. The van der Waals surface area contributed by atoms with E-state index in [4.69, 9.17) is 5.73 Å². The Balaban J connectivity index is 2.26. The van der Waals surface area contributed by atoms with E-state index in [0.29, 0.717) is 6.54 Å². The number of rotatable bonds is 5. The highest BCUT2D eigenvalue weighted by Crippen LogP contribution is 2.31. The van der Waals surface area contributed by atoms with Gasteiger partial charge in [0, 0.05) is 25.3 Å². The quantitative estimate of drug-likeness (QED) is 0.849. The van der Waals surface area contributed by atoms with Gasteiger partial charge in [0.1, 0.15) is 0 Å². The molecule has 1 amide bonds. The van der Waals surface area contributed by atoms with Gasteiger partial charge in [-0.2, -0.15) is 18.3 Å². The van der Waals surface area contributed by atoms with Crippen molar-refractivity contribution < 1.29 is 18.0 Å². The molecule has 0 aliphatic rings. The average Bonchev–Trinajstić information content (AvgIpc) is 2.99. The van der Waals surface area contributed by atoms with Crippen molar-refractivity contribution in [3.05, 3.63) is 51.8 Å². The molecule has 0 atom stereocenters. The molecule has 1 aromatic carbocycles. The number of halogens is 3. The number of nitrogens with two attached hydrogens (primary N) is 1. The van der Waals surface area contributed by atoms with Crippen LogP contribution in [0.1, 0.15) is 58.2 Å². The summed E-state index contributed by atoms with van der Waals surface area (Å²) in [6.45, 7) is 7.68. The van der Waals surface area contributed by atoms with E-state index in [0.717, 1.165) is 33.1 Å². The first kappa shape index (κ1) is 20.0. The zero-order chi connectivity index (χ0) is 19.6. The molecule has 26 heavy (non-hydrogen) atoms. The van der Waals surface area contributed by atoms with Gasteiger partial charge in [-0.1, -0.05) is 12.1 Å². The van der Waals surface area contributed by atoms with Gasteiger partial charge < -0.3 is 11.1 Å². The van der Waals surface area contributed by atoms with Crippen LogP contribution in [0.15, 0.2) is 18.3 Å². The molecular formula is C18H23F3N4O. The number of hydrogen-bond acceptors (Lipinski definition) is 3. The molecule has 3 N–H and O–H groups in total. The van der Waals surface area contributed by atoms with Gasteiger partial charge in [0.25, 0.3) is 5.91 Å². The molecule has 8 heteroatoms. The summed E-state index contributed by atoms with van der Waals surface area (Å²) in [4.78, 5) is 12.4. The van der Waals surface area contributed by atoms with Gasteiger partial charge >= 0.3 is 6.18 Å². The summed E-state index contributed by atoms with van der Waals surface area (Å²) in [5.41, 5.74) is 7.68. The van der Waals surface area contributed by atoms with Crippen molar-refractivity contribution in [2.45, 2.75) is 53.0 Å². The second-order valence-electron chi connectivity index (χ2n) is 6.56. The van der Waals surface area contributed by atoms with Crippen LogP contribution in [0.5, 0.6) is 0 Å². The molecule has 0 bridgehead atoms. The molecule has 2 aromatic rings. The molecule has 0 saturated carbocycles. The van der Waals surface area contributed by atoms with Gasteiger partial charge in [0.2, 0.25) is 0 Å². The van der Waals surface area contributed by atoms with E-state index >= 15 is 0 Å². The Morgan fingerprint density at radius 3 is 2.31 bits per heavy atom. The maximum atomic E-state index is 13.2. The molecule has 5 nitrogen and oxygen atoms in total. The zero-order valence-electron chi connectivity index (χ0n) is 15.2. The number of carbonyl (C=O) groups is 1. The third-order valence-corrected chi connectivity index (χ3v) is 4.19. The third kappa shape index (κ3) is 4.24. The molecule has 0 radical (unpaired) electrons. The fraction of sp³-hybridized carbons (Fsp3) is 0.444. The van der Waals surface area contributed by atoms with E-state index in [1.54, 1.807) is 13.8 Å². The highest BCUT2D eigenvalue weighted by atomic mass is 19.4. The number of aromatic nitrogens is 2. The van der Waals surface area contributed by atoms with Crippen molar-refractivity contribution in [2.24, 2.45) is 5.73 Å². The Morgan fingerprint density at radius 1 is 1.27 bits per heavy atom. The lowest BCUT2D eigenvalue weighted by atomic mass is 9.99. The number of amides is 1. The minimum atomic E-state index is -4.69. The molecule has 1 heterocycles. The van der Waals surface area contributed by atoms with Crippen LogP contribution in [0.3, 0.4) is 0 Å². The number of carbonyl (C=O) groups excluding carboxylic acids is 1. The van der Waals surface area contributed by atoms with Gasteiger partial charge in [-0.3, -0.25) is 9.48 Å². The Labute approximate surface area is 150 Å². The van der Waals surface area contributed by atoms with E-state index in [1.165, 1.54) is 0 Å². The summed E-state index contributed by atoms with van der Waals surface area (Å²) in [5.74, 6) is -0.800. The van der Waals surface area contributed by atoms with Crippen molar-refractivity contribution in [1.82, 2.24) is 15.1 Å². The Bertz CT molecular complexity index is 786. The smallest absolute Gasteiger partial charge is 0.348 e. The molecule has 1 aromatic heterocycles. The normalized spacial score (nSPS) is 11.9. The van der Waals surface area contributed by atoms with Gasteiger partial charge in [0.05, 0.1) is 5.56 Å². The molecule has 0 fully saturated rings. The van der Waals surface area contributed by atoms with Crippen molar-refractivity contribution in [3.63, 3.8) is 0 Å². The van der Waals surface area contributed by atoms with Crippen LogP contribution in [0.25, 0.3) is 0 Å².